The Morgan fingerprint density at radius 1 is 0.593 bits per heavy atom. The SMILES string of the molecule is CCCCOc1ccc(C#Cc2ccc(C#Cc3ccccc3)cc2)cc1. The molecule has 0 aliphatic rings. The Balaban J connectivity index is 1.61. The van der Waals surface area contributed by atoms with Gasteiger partial charge in [-0.3, -0.25) is 0 Å². The van der Waals surface area contributed by atoms with E-state index in [0.717, 1.165) is 47.5 Å². The highest BCUT2D eigenvalue weighted by atomic mass is 16.5. The van der Waals surface area contributed by atoms with E-state index in [1.807, 2.05) is 78.9 Å². The summed E-state index contributed by atoms with van der Waals surface area (Å²) in [4.78, 5) is 0. The predicted octanol–water partition coefficient (Wildman–Crippen LogP) is 5.67. The van der Waals surface area contributed by atoms with E-state index < -0.39 is 0 Å². The largest absolute Gasteiger partial charge is 0.494 e. The zero-order chi connectivity index (χ0) is 18.7. The van der Waals surface area contributed by atoms with Crippen molar-refractivity contribution in [1.29, 1.82) is 0 Å². The van der Waals surface area contributed by atoms with Crippen LogP contribution in [0.1, 0.15) is 42.0 Å². The molecule has 1 heteroatoms. The molecule has 0 saturated heterocycles. The highest BCUT2D eigenvalue weighted by Gasteiger charge is 1.94. The number of ether oxygens (including phenoxy) is 1. The van der Waals surface area contributed by atoms with E-state index in [1.165, 1.54) is 0 Å². The normalized spacial score (nSPS) is 9.52. The molecular formula is C26H22O. The molecule has 0 heterocycles. The molecule has 0 amide bonds. The minimum atomic E-state index is 0.765. The van der Waals surface area contributed by atoms with E-state index in [2.05, 4.69) is 30.6 Å². The average molecular weight is 350 g/mol. The lowest BCUT2D eigenvalue weighted by atomic mass is 10.1. The van der Waals surface area contributed by atoms with Gasteiger partial charge in [0.1, 0.15) is 5.75 Å². The molecule has 0 fully saturated rings. The van der Waals surface area contributed by atoms with Crippen LogP contribution < -0.4 is 4.74 Å². The second-order valence-electron chi connectivity index (χ2n) is 6.17. The number of benzene rings is 3. The van der Waals surface area contributed by atoms with Crippen LogP contribution in [-0.4, -0.2) is 6.61 Å². The highest BCUT2D eigenvalue weighted by Crippen LogP contribution is 2.12. The van der Waals surface area contributed by atoms with Gasteiger partial charge in [0, 0.05) is 22.3 Å². The summed E-state index contributed by atoms with van der Waals surface area (Å²) in [5, 5.41) is 0. The summed E-state index contributed by atoms with van der Waals surface area (Å²) in [6.45, 7) is 2.92. The van der Waals surface area contributed by atoms with E-state index in [9.17, 15) is 0 Å². The molecule has 0 aliphatic heterocycles. The Labute approximate surface area is 162 Å². The zero-order valence-corrected chi connectivity index (χ0v) is 15.5. The van der Waals surface area contributed by atoms with Crippen LogP contribution in [0.4, 0.5) is 0 Å². The molecule has 0 aromatic heterocycles. The van der Waals surface area contributed by atoms with Crippen molar-refractivity contribution < 1.29 is 4.74 Å². The van der Waals surface area contributed by atoms with Gasteiger partial charge in [-0.15, -0.1) is 0 Å². The maximum absolute atomic E-state index is 5.67. The monoisotopic (exact) mass is 350 g/mol. The summed E-state index contributed by atoms with van der Waals surface area (Å²) in [5.74, 6) is 13.6. The molecule has 0 N–H and O–H groups in total. The average Bonchev–Trinajstić information content (AvgIpc) is 2.73. The molecule has 3 aromatic carbocycles. The van der Waals surface area contributed by atoms with Gasteiger partial charge in [-0.2, -0.15) is 0 Å². The van der Waals surface area contributed by atoms with Gasteiger partial charge in [-0.25, -0.2) is 0 Å². The zero-order valence-electron chi connectivity index (χ0n) is 15.5. The molecule has 1 nitrogen and oxygen atoms in total. The van der Waals surface area contributed by atoms with Gasteiger partial charge in [-0.1, -0.05) is 55.2 Å². The van der Waals surface area contributed by atoms with Crippen LogP contribution in [0.15, 0.2) is 78.9 Å². The van der Waals surface area contributed by atoms with Crippen molar-refractivity contribution in [2.75, 3.05) is 6.61 Å². The fourth-order valence-corrected chi connectivity index (χ4v) is 2.42. The first-order valence-corrected chi connectivity index (χ1v) is 9.25. The number of hydrogen-bond acceptors (Lipinski definition) is 1. The van der Waals surface area contributed by atoms with Crippen molar-refractivity contribution in [2.24, 2.45) is 0 Å². The minimum Gasteiger partial charge on any atom is -0.494 e. The molecule has 132 valence electrons. The first-order valence-electron chi connectivity index (χ1n) is 9.25. The van der Waals surface area contributed by atoms with Crippen molar-refractivity contribution >= 4 is 0 Å². The third kappa shape index (κ3) is 6.10. The van der Waals surface area contributed by atoms with Gasteiger partial charge in [0.05, 0.1) is 6.61 Å². The van der Waals surface area contributed by atoms with Crippen LogP contribution >= 0.6 is 0 Å². The summed E-state index contributed by atoms with van der Waals surface area (Å²) < 4.78 is 5.67. The molecule has 0 saturated carbocycles. The first-order chi connectivity index (χ1) is 13.3. The van der Waals surface area contributed by atoms with Crippen LogP contribution in [0.2, 0.25) is 0 Å². The number of unbranched alkanes of at least 4 members (excludes halogenated alkanes) is 1. The standard InChI is InChI=1S/C26H22O/c1-2-3-21-27-26-19-17-25(18-20-26)16-15-24-13-11-23(12-14-24)10-9-22-7-5-4-6-8-22/h4-8,11-14,17-20H,2-3,21H2,1H3. The smallest absolute Gasteiger partial charge is 0.119 e. The summed E-state index contributed by atoms with van der Waals surface area (Å²) in [6.07, 6.45) is 2.22. The molecular weight excluding hydrogens is 328 g/mol. The number of hydrogen-bond donors (Lipinski definition) is 0. The van der Waals surface area contributed by atoms with E-state index in [1.54, 1.807) is 0 Å². The second kappa shape index (κ2) is 9.91. The lowest BCUT2D eigenvalue weighted by molar-refractivity contribution is 0.309. The van der Waals surface area contributed by atoms with Gasteiger partial charge in [-0.05, 0) is 67.1 Å². The van der Waals surface area contributed by atoms with Crippen molar-refractivity contribution in [3.8, 4) is 29.4 Å². The third-order valence-electron chi connectivity index (χ3n) is 3.98. The van der Waals surface area contributed by atoms with Gasteiger partial charge in [0.2, 0.25) is 0 Å². The van der Waals surface area contributed by atoms with Crippen LogP contribution in [-0.2, 0) is 0 Å². The Hall–Kier alpha value is -3.42. The van der Waals surface area contributed by atoms with Crippen molar-refractivity contribution in [1.82, 2.24) is 0 Å². The van der Waals surface area contributed by atoms with E-state index >= 15 is 0 Å². The maximum Gasteiger partial charge on any atom is 0.119 e. The third-order valence-corrected chi connectivity index (χ3v) is 3.98. The molecule has 0 spiro atoms. The van der Waals surface area contributed by atoms with Crippen molar-refractivity contribution in [3.63, 3.8) is 0 Å². The highest BCUT2D eigenvalue weighted by molar-refractivity contribution is 5.48. The second-order valence-corrected chi connectivity index (χ2v) is 6.17. The van der Waals surface area contributed by atoms with Gasteiger partial charge >= 0.3 is 0 Å². The molecule has 0 atom stereocenters. The summed E-state index contributed by atoms with van der Waals surface area (Å²) in [5.41, 5.74) is 3.95. The quantitative estimate of drug-likeness (QED) is 0.435. The first kappa shape index (κ1) is 18.4. The van der Waals surface area contributed by atoms with E-state index in [4.69, 9.17) is 4.74 Å². The topological polar surface area (TPSA) is 9.23 Å². The maximum atomic E-state index is 5.67. The van der Waals surface area contributed by atoms with Gasteiger partial charge in [0.15, 0.2) is 0 Å². The Morgan fingerprint density at radius 2 is 1.04 bits per heavy atom. The van der Waals surface area contributed by atoms with Crippen LogP contribution in [0, 0.1) is 23.7 Å². The Morgan fingerprint density at radius 3 is 1.52 bits per heavy atom. The van der Waals surface area contributed by atoms with Crippen molar-refractivity contribution in [3.05, 3.63) is 101 Å². The molecule has 3 rings (SSSR count). The molecule has 0 aliphatic carbocycles. The summed E-state index contributed by atoms with van der Waals surface area (Å²) in [7, 11) is 0. The minimum absolute atomic E-state index is 0.765. The predicted molar refractivity (Wildman–Crippen MR) is 112 cm³/mol. The molecule has 0 radical (unpaired) electrons. The van der Waals surface area contributed by atoms with Crippen LogP contribution in [0.5, 0.6) is 5.75 Å². The van der Waals surface area contributed by atoms with Gasteiger partial charge in [0.25, 0.3) is 0 Å². The fourth-order valence-electron chi connectivity index (χ4n) is 2.42. The summed E-state index contributed by atoms with van der Waals surface area (Å²) in [6, 6.07) is 25.9. The van der Waals surface area contributed by atoms with E-state index in [0.29, 0.717) is 0 Å². The fraction of sp³-hybridized carbons (Fsp3) is 0.154. The van der Waals surface area contributed by atoms with Gasteiger partial charge < -0.3 is 4.74 Å². The van der Waals surface area contributed by atoms with Crippen LogP contribution in [0.3, 0.4) is 0 Å². The molecule has 0 bridgehead atoms. The Kier molecular flexibility index (Phi) is 6.74. The number of rotatable bonds is 4. The lowest BCUT2D eigenvalue weighted by Crippen LogP contribution is -1.95. The molecule has 27 heavy (non-hydrogen) atoms. The summed E-state index contributed by atoms with van der Waals surface area (Å²) >= 11 is 0. The molecule has 0 unspecified atom stereocenters. The lowest BCUT2D eigenvalue weighted by Gasteiger charge is -2.04. The molecule has 3 aromatic rings. The Bertz CT molecular complexity index is 960. The van der Waals surface area contributed by atoms with Crippen LogP contribution in [0.25, 0.3) is 0 Å². The van der Waals surface area contributed by atoms with E-state index in [-0.39, 0.29) is 0 Å². The van der Waals surface area contributed by atoms with Crippen molar-refractivity contribution in [2.45, 2.75) is 19.8 Å².